The number of hydrogen-bond donors (Lipinski definition) is 2. The van der Waals surface area contributed by atoms with Gasteiger partial charge in [-0.05, 0) is 25.1 Å². The van der Waals surface area contributed by atoms with Gasteiger partial charge in [0.1, 0.15) is 0 Å². The molecule has 0 aliphatic rings. The lowest BCUT2D eigenvalue weighted by Crippen LogP contribution is -2.13. The van der Waals surface area contributed by atoms with Gasteiger partial charge in [-0.3, -0.25) is 0 Å². The van der Waals surface area contributed by atoms with Crippen molar-refractivity contribution in [1.29, 1.82) is 0 Å². The first-order valence-electron chi connectivity index (χ1n) is 5.63. The van der Waals surface area contributed by atoms with Crippen molar-refractivity contribution < 1.29 is 12.9 Å². The van der Waals surface area contributed by atoms with Gasteiger partial charge in [-0.1, -0.05) is 23.1 Å². The molecule has 0 fully saturated rings. The van der Waals surface area contributed by atoms with Crippen molar-refractivity contribution in [2.45, 2.75) is 11.8 Å². The van der Waals surface area contributed by atoms with Crippen LogP contribution < -0.4 is 10.5 Å². The Bertz CT molecular complexity index is 771. The first-order chi connectivity index (χ1) is 9.51. The topological polar surface area (TPSA) is 111 Å². The van der Waals surface area contributed by atoms with Crippen molar-refractivity contribution in [3.8, 4) is 11.8 Å². The Labute approximate surface area is 116 Å². The van der Waals surface area contributed by atoms with E-state index in [4.69, 9.17) is 10.3 Å². The number of nitrogens with zero attached hydrogens (tertiary/aromatic N) is 2. The lowest BCUT2D eigenvalue weighted by atomic mass is 10.2. The zero-order valence-corrected chi connectivity index (χ0v) is 11.4. The Hall–Kier alpha value is -2.37. The molecular weight excluding hydrogens is 280 g/mol. The molecular formula is C12H12N4O3S. The summed E-state index contributed by atoms with van der Waals surface area (Å²) in [4.78, 5) is 3.83. The number of nitrogens with two attached hydrogens (primary N) is 1. The third kappa shape index (κ3) is 3.34. The minimum Gasteiger partial charge on any atom is -0.320 e. The van der Waals surface area contributed by atoms with Gasteiger partial charge in [0.2, 0.25) is 0 Å². The number of benzene rings is 1. The number of aromatic nitrogens is 2. The van der Waals surface area contributed by atoms with Gasteiger partial charge in [-0.2, -0.15) is 4.98 Å². The molecule has 0 bridgehead atoms. The molecule has 1 aromatic carbocycles. The van der Waals surface area contributed by atoms with E-state index in [2.05, 4.69) is 26.7 Å². The zero-order valence-electron chi connectivity index (χ0n) is 10.6. The molecule has 1 heterocycles. The summed E-state index contributed by atoms with van der Waals surface area (Å²) in [7, 11) is -3.79. The van der Waals surface area contributed by atoms with Gasteiger partial charge in [-0.25, -0.2) is 13.1 Å². The SMILES string of the molecule is Cc1noc(NS(=O)(=O)c2cccc(C#CCN)c2)n1. The highest BCUT2D eigenvalue weighted by molar-refractivity contribution is 7.92. The van der Waals surface area contributed by atoms with Crippen LogP contribution in [0.2, 0.25) is 0 Å². The highest BCUT2D eigenvalue weighted by atomic mass is 32.2. The second-order valence-electron chi connectivity index (χ2n) is 3.79. The van der Waals surface area contributed by atoms with E-state index in [1.165, 1.54) is 12.1 Å². The summed E-state index contributed by atoms with van der Waals surface area (Å²) in [6.07, 6.45) is 0. The van der Waals surface area contributed by atoms with Crippen molar-refractivity contribution in [3.05, 3.63) is 35.7 Å². The molecule has 0 atom stereocenters. The van der Waals surface area contributed by atoms with Crippen LogP contribution in [0, 0.1) is 18.8 Å². The van der Waals surface area contributed by atoms with Crippen LogP contribution in [-0.4, -0.2) is 25.1 Å². The summed E-state index contributed by atoms with van der Waals surface area (Å²) in [6, 6.07) is 5.99. The molecule has 3 N–H and O–H groups in total. The minimum absolute atomic E-state index is 0.0529. The van der Waals surface area contributed by atoms with Crippen LogP contribution >= 0.6 is 0 Å². The second kappa shape index (κ2) is 5.73. The van der Waals surface area contributed by atoms with E-state index >= 15 is 0 Å². The number of rotatable bonds is 3. The Morgan fingerprint density at radius 1 is 1.45 bits per heavy atom. The van der Waals surface area contributed by atoms with Gasteiger partial charge in [0.15, 0.2) is 5.82 Å². The Morgan fingerprint density at radius 3 is 2.90 bits per heavy atom. The molecule has 2 rings (SSSR count). The standard InChI is InChI=1S/C12H12N4O3S/c1-9-14-12(19-15-9)16-20(17,18)11-6-2-4-10(8-11)5-3-7-13/h2,4,6,8H,7,13H2,1H3,(H,14,15,16). The van der Waals surface area contributed by atoms with Crippen LogP contribution in [0.1, 0.15) is 11.4 Å². The largest absolute Gasteiger partial charge is 0.335 e. The molecule has 0 aliphatic carbocycles. The van der Waals surface area contributed by atoms with Gasteiger partial charge in [-0.15, -0.1) is 0 Å². The monoisotopic (exact) mass is 292 g/mol. The predicted molar refractivity (Wildman–Crippen MR) is 72.2 cm³/mol. The van der Waals surface area contributed by atoms with Crippen LogP contribution in [0.15, 0.2) is 33.7 Å². The maximum absolute atomic E-state index is 12.1. The number of anilines is 1. The molecule has 1 aromatic heterocycles. The molecule has 20 heavy (non-hydrogen) atoms. The van der Waals surface area contributed by atoms with Crippen molar-refractivity contribution in [1.82, 2.24) is 10.1 Å². The number of aryl methyl sites for hydroxylation is 1. The summed E-state index contributed by atoms with van der Waals surface area (Å²) >= 11 is 0. The maximum atomic E-state index is 12.1. The van der Waals surface area contributed by atoms with E-state index < -0.39 is 10.0 Å². The number of nitrogens with one attached hydrogen (secondary N) is 1. The summed E-state index contributed by atoms with van der Waals surface area (Å²) in [5.74, 6) is 5.76. The quantitative estimate of drug-likeness (QED) is 0.796. The van der Waals surface area contributed by atoms with Crippen molar-refractivity contribution in [2.75, 3.05) is 11.3 Å². The zero-order chi connectivity index (χ0) is 14.6. The highest BCUT2D eigenvalue weighted by Crippen LogP contribution is 2.15. The van der Waals surface area contributed by atoms with E-state index in [0.717, 1.165) is 0 Å². The van der Waals surface area contributed by atoms with Crippen molar-refractivity contribution in [3.63, 3.8) is 0 Å². The van der Waals surface area contributed by atoms with Crippen LogP contribution in [0.5, 0.6) is 0 Å². The first-order valence-corrected chi connectivity index (χ1v) is 7.12. The Kier molecular flexibility index (Phi) is 4.02. The number of sulfonamides is 1. The Morgan fingerprint density at radius 2 is 2.25 bits per heavy atom. The third-order valence-electron chi connectivity index (χ3n) is 2.23. The molecule has 0 amide bonds. The lowest BCUT2D eigenvalue weighted by Gasteiger charge is -2.04. The molecule has 0 unspecified atom stereocenters. The molecule has 0 saturated heterocycles. The van der Waals surface area contributed by atoms with Gasteiger partial charge < -0.3 is 10.3 Å². The van der Waals surface area contributed by atoms with E-state index in [9.17, 15) is 8.42 Å². The fourth-order valence-electron chi connectivity index (χ4n) is 1.41. The van der Waals surface area contributed by atoms with Gasteiger partial charge in [0.25, 0.3) is 10.0 Å². The average molecular weight is 292 g/mol. The Balaban J connectivity index is 2.29. The molecule has 0 spiro atoms. The fourth-order valence-corrected chi connectivity index (χ4v) is 2.38. The normalized spacial score (nSPS) is 10.7. The van der Waals surface area contributed by atoms with E-state index in [-0.39, 0.29) is 17.5 Å². The first kappa shape index (κ1) is 14.0. The lowest BCUT2D eigenvalue weighted by molar-refractivity contribution is 0.429. The molecule has 0 aliphatic heterocycles. The van der Waals surface area contributed by atoms with Crippen LogP contribution in [-0.2, 0) is 10.0 Å². The van der Waals surface area contributed by atoms with Gasteiger partial charge >= 0.3 is 6.01 Å². The highest BCUT2D eigenvalue weighted by Gasteiger charge is 2.17. The molecule has 7 nitrogen and oxygen atoms in total. The van der Waals surface area contributed by atoms with E-state index in [0.29, 0.717) is 11.4 Å². The van der Waals surface area contributed by atoms with Gasteiger partial charge in [0, 0.05) is 5.56 Å². The maximum Gasteiger partial charge on any atom is 0.335 e. The molecule has 2 aromatic rings. The fraction of sp³-hybridized carbons (Fsp3) is 0.167. The smallest absolute Gasteiger partial charge is 0.320 e. The van der Waals surface area contributed by atoms with Crippen LogP contribution in [0.3, 0.4) is 0 Å². The minimum atomic E-state index is -3.79. The summed E-state index contributed by atoms with van der Waals surface area (Å²) in [5.41, 5.74) is 5.83. The predicted octanol–water partition coefficient (Wildman–Crippen LogP) is 0.489. The molecule has 0 saturated carbocycles. The summed E-state index contributed by atoms with van der Waals surface area (Å²) in [6.45, 7) is 1.79. The van der Waals surface area contributed by atoms with E-state index in [1.54, 1.807) is 19.1 Å². The van der Waals surface area contributed by atoms with Crippen LogP contribution in [0.25, 0.3) is 0 Å². The molecule has 104 valence electrons. The van der Waals surface area contributed by atoms with Crippen molar-refractivity contribution >= 4 is 16.0 Å². The average Bonchev–Trinajstić information content (AvgIpc) is 2.81. The summed E-state index contributed by atoms with van der Waals surface area (Å²) in [5, 5.41) is 3.50. The number of hydrogen-bond acceptors (Lipinski definition) is 6. The van der Waals surface area contributed by atoms with E-state index in [1.807, 2.05) is 0 Å². The van der Waals surface area contributed by atoms with Crippen LogP contribution in [0.4, 0.5) is 6.01 Å². The van der Waals surface area contributed by atoms with Gasteiger partial charge in [0.05, 0.1) is 11.4 Å². The molecule has 8 heteroatoms. The van der Waals surface area contributed by atoms with Crippen molar-refractivity contribution in [2.24, 2.45) is 5.73 Å². The second-order valence-corrected chi connectivity index (χ2v) is 5.47. The molecule has 0 radical (unpaired) electrons. The summed E-state index contributed by atoms with van der Waals surface area (Å²) < 4.78 is 31.2. The third-order valence-corrected chi connectivity index (χ3v) is 3.55.